The Kier molecular flexibility index (Phi) is 2.83. The number of aromatic nitrogens is 3. The van der Waals surface area contributed by atoms with Crippen molar-refractivity contribution in [1.82, 2.24) is 15.2 Å². The molecule has 22 heavy (non-hydrogen) atoms. The van der Waals surface area contributed by atoms with E-state index in [1.165, 1.54) is 0 Å². The number of nitrogens with one attached hydrogen (secondary N) is 2. The maximum Gasteiger partial charge on any atom is 0.271 e. The lowest BCUT2D eigenvalue weighted by Crippen LogP contribution is -2.02. The molecular formula is C17H12N4O. The molecule has 3 heterocycles. The average Bonchev–Trinajstić information content (AvgIpc) is 3.14. The molecular weight excluding hydrogens is 276 g/mol. The van der Waals surface area contributed by atoms with Gasteiger partial charge in [-0.1, -0.05) is 18.2 Å². The van der Waals surface area contributed by atoms with Gasteiger partial charge in [0.2, 0.25) is 0 Å². The molecule has 1 aliphatic heterocycles. The number of H-pyrrole nitrogens is 2. The van der Waals surface area contributed by atoms with Crippen molar-refractivity contribution in [2.24, 2.45) is 4.99 Å². The minimum Gasteiger partial charge on any atom is -0.297 e. The predicted molar refractivity (Wildman–Crippen MR) is 87.1 cm³/mol. The molecule has 0 bridgehead atoms. The molecule has 2 aromatic heterocycles. The third kappa shape index (κ3) is 2.00. The molecule has 0 amide bonds. The summed E-state index contributed by atoms with van der Waals surface area (Å²) in [6, 6.07) is 11.6. The molecule has 0 unspecified atom stereocenters. The van der Waals surface area contributed by atoms with Crippen LogP contribution in [0.4, 0.5) is 5.69 Å². The van der Waals surface area contributed by atoms with Crippen molar-refractivity contribution >= 4 is 23.6 Å². The highest BCUT2D eigenvalue weighted by Gasteiger charge is 2.15. The minimum atomic E-state index is -0.163. The summed E-state index contributed by atoms with van der Waals surface area (Å²) in [6.45, 7) is 0. The fraction of sp³-hybridized carbons (Fsp3) is 0. The Labute approximate surface area is 126 Å². The topological polar surface area (TPSA) is 73.9 Å². The Morgan fingerprint density at radius 1 is 1.05 bits per heavy atom. The summed E-state index contributed by atoms with van der Waals surface area (Å²) in [5, 5.41) is 5.56. The van der Waals surface area contributed by atoms with Gasteiger partial charge in [-0.05, 0) is 24.3 Å². The van der Waals surface area contributed by atoms with E-state index in [-0.39, 0.29) is 5.56 Å². The minimum absolute atomic E-state index is 0.163. The van der Waals surface area contributed by atoms with Crippen molar-refractivity contribution in [2.45, 2.75) is 0 Å². The van der Waals surface area contributed by atoms with Gasteiger partial charge in [-0.25, -0.2) is 0 Å². The molecule has 4 rings (SSSR count). The van der Waals surface area contributed by atoms with Gasteiger partial charge >= 0.3 is 0 Å². The van der Waals surface area contributed by atoms with Crippen molar-refractivity contribution in [2.75, 3.05) is 0 Å². The molecule has 0 saturated heterocycles. The van der Waals surface area contributed by atoms with E-state index in [1.807, 2.05) is 42.5 Å². The van der Waals surface area contributed by atoms with Crippen molar-refractivity contribution in [3.8, 4) is 11.3 Å². The monoisotopic (exact) mass is 288 g/mol. The van der Waals surface area contributed by atoms with E-state index in [4.69, 9.17) is 0 Å². The van der Waals surface area contributed by atoms with E-state index in [0.29, 0.717) is 5.56 Å². The van der Waals surface area contributed by atoms with Crippen LogP contribution in [0.5, 0.6) is 0 Å². The second-order valence-corrected chi connectivity index (χ2v) is 4.98. The summed E-state index contributed by atoms with van der Waals surface area (Å²) < 4.78 is 0. The van der Waals surface area contributed by atoms with E-state index in [9.17, 15) is 4.79 Å². The zero-order valence-corrected chi connectivity index (χ0v) is 11.6. The van der Waals surface area contributed by atoms with E-state index in [1.54, 1.807) is 18.6 Å². The maximum absolute atomic E-state index is 12.1. The van der Waals surface area contributed by atoms with Gasteiger partial charge in [-0.3, -0.25) is 25.0 Å². The first-order valence-electron chi connectivity index (χ1n) is 6.89. The Morgan fingerprint density at radius 3 is 2.82 bits per heavy atom. The predicted octanol–water partition coefficient (Wildman–Crippen LogP) is 3.02. The van der Waals surface area contributed by atoms with Crippen LogP contribution in [0, 0.1) is 0 Å². The van der Waals surface area contributed by atoms with Crippen LogP contribution < -0.4 is 5.56 Å². The number of pyridine rings is 1. The summed E-state index contributed by atoms with van der Waals surface area (Å²) >= 11 is 0. The molecule has 0 aliphatic carbocycles. The standard InChI is InChI=1S/C17H12N4O/c22-17-14(16(20-21-17)11-4-3-7-18-9-11)8-12-10-19-15-6-2-1-5-13(12)15/h1-10H,(H2,20,21,22). The summed E-state index contributed by atoms with van der Waals surface area (Å²) in [6.07, 6.45) is 7.06. The number of benzene rings is 1. The summed E-state index contributed by atoms with van der Waals surface area (Å²) in [4.78, 5) is 20.6. The fourth-order valence-corrected chi connectivity index (χ4v) is 2.55. The third-order valence-electron chi connectivity index (χ3n) is 3.62. The number of aliphatic imine (C=N–C) groups is 1. The van der Waals surface area contributed by atoms with Crippen LogP contribution in [0.2, 0.25) is 0 Å². The highest BCUT2D eigenvalue weighted by Crippen LogP contribution is 2.32. The number of allylic oxidation sites excluding steroid dienone is 1. The molecule has 0 fully saturated rings. The molecule has 3 aromatic rings. The maximum atomic E-state index is 12.1. The summed E-state index contributed by atoms with van der Waals surface area (Å²) in [5.41, 5.74) is 4.87. The normalized spacial score (nSPS) is 14.5. The Morgan fingerprint density at radius 2 is 1.95 bits per heavy atom. The Balaban J connectivity index is 1.86. The van der Waals surface area contributed by atoms with E-state index in [2.05, 4.69) is 20.2 Å². The summed E-state index contributed by atoms with van der Waals surface area (Å²) in [5.74, 6) is 0. The highest BCUT2D eigenvalue weighted by atomic mass is 16.1. The number of nitrogens with zero attached hydrogens (tertiary/aromatic N) is 2. The van der Waals surface area contributed by atoms with Crippen molar-refractivity contribution in [3.05, 3.63) is 70.3 Å². The van der Waals surface area contributed by atoms with Gasteiger partial charge in [0.25, 0.3) is 5.56 Å². The van der Waals surface area contributed by atoms with Crippen LogP contribution in [0.15, 0.2) is 58.6 Å². The molecule has 5 heteroatoms. The lowest BCUT2D eigenvalue weighted by Gasteiger charge is -2.00. The fourth-order valence-electron chi connectivity index (χ4n) is 2.55. The first kappa shape index (κ1) is 12.5. The zero-order valence-electron chi connectivity index (χ0n) is 11.6. The molecule has 0 spiro atoms. The van der Waals surface area contributed by atoms with E-state index in [0.717, 1.165) is 28.1 Å². The van der Waals surface area contributed by atoms with E-state index < -0.39 is 0 Å². The molecule has 2 N–H and O–H groups in total. The quantitative estimate of drug-likeness (QED) is 0.760. The second-order valence-electron chi connectivity index (χ2n) is 4.98. The van der Waals surface area contributed by atoms with Gasteiger partial charge in [0.05, 0.1) is 16.9 Å². The lowest BCUT2D eigenvalue weighted by molar-refractivity contribution is 1.06. The summed E-state index contributed by atoms with van der Waals surface area (Å²) in [7, 11) is 0. The highest BCUT2D eigenvalue weighted by molar-refractivity contribution is 6.21. The molecule has 1 aromatic carbocycles. The second kappa shape index (κ2) is 4.96. The number of para-hydroxylation sites is 1. The zero-order chi connectivity index (χ0) is 14.9. The number of fused-ring (bicyclic) bond motifs is 1. The van der Waals surface area contributed by atoms with Gasteiger partial charge in [-0.15, -0.1) is 0 Å². The number of rotatable bonds is 2. The van der Waals surface area contributed by atoms with Crippen molar-refractivity contribution < 1.29 is 0 Å². The van der Waals surface area contributed by atoms with Gasteiger partial charge in [0.1, 0.15) is 0 Å². The first-order valence-corrected chi connectivity index (χ1v) is 6.89. The van der Waals surface area contributed by atoms with Crippen LogP contribution >= 0.6 is 0 Å². The van der Waals surface area contributed by atoms with Crippen molar-refractivity contribution in [1.29, 1.82) is 0 Å². The number of aromatic amines is 2. The van der Waals surface area contributed by atoms with Crippen LogP contribution in [0.25, 0.3) is 22.9 Å². The molecule has 1 aliphatic rings. The van der Waals surface area contributed by atoms with Gasteiger partial charge in [0, 0.05) is 35.3 Å². The van der Waals surface area contributed by atoms with Crippen molar-refractivity contribution in [3.63, 3.8) is 0 Å². The number of hydrogen-bond donors (Lipinski definition) is 2. The van der Waals surface area contributed by atoms with Gasteiger partial charge < -0.3 is 0 Å². The van der Waals surface area contributed by atoms with Gasteiger partial charge in [0.15, 0.2) is 0 Å². The molecule has 0 radical (unpaired) electrons. The SMILES string of the molecule is O=c1[nH][nH]c(-c2cccnc2)c1C=C1C=Nc2ccccc21. The van der Waals surface area contributed by atoms with Crippen LogP contribution in [0.3, 0.4) is 0 Å². The van der Waals surface area contributed by atoms with Crippen LogP contribution in [-0.2, 0) is 0 Å². The Bertz CT molecular complexity index is 948. The molecule has 0 atom stereocenters. The lowest BCUT2D eigenvalue weighted by atomic mass is 10.0. The van der Waals surface area contributed by atoms with E-state index >= 15 is 0 Å². The Hall–Kier alpha value is -3.21. The smallest absolute Gasteiger partial charge is 0.271 e. The third-order valence-corrected chi connectivity index (χ3v) is 3.62. The number of hydrogen-bond acceptors (Lipinski definition) is 3. The average molecular weight is 288 g/mol. The first-order chi connectivity index (χ1) is 10.8. The van der Waals surface area contributed by atoms with Gasteiger partial charge in [-0.2, -0.15) is 0 Å². The molecule has 106 valence electrons. The van der Waals surface area contributed by atoms with Crippen LogP contribution in [-0.4, -0.2) is 21.4 Å². The van der Waals surface area contributed by atoms with Crippen LogP contribution in [0.1, 0.15) is 11.1 Å². The largest absolute Gasteiger partial charge is 0.297 e. The molecule has 0 saturated carbocycles. The molecule has 5 nitrogen and oxygen atoms in total.